The van der Waals surface area contributed by atoms with Crippen LogP contribution in [0.25, 0.3) is 0 Å². The normalized spacial score (nSPS) is 17.4. The summed E-state index contributed by atoms with van der Waals surface area (Å²) in [6.07, 6.45) is 2.62. The molecule has 1 aromatic carbocycles. The van der Waals surface area contributed by atoms with E-state index in [2.05, 4.69) is 32.8 Å². The summed E-state index contributed by atoms with van der Waals surface area (Å²) in [4.78, 5) is 28.6. The van der Waals surface area contributed by atoms with E-state index in [1.165, 1.54) is 12.8 Å². The zero-order chi connectivity index (χ0) is 19.5. The summed E-state index contributed by atoms with van der Waals surface area (Å²) in [6.45, 7) is 3.24. The van der Waals surface area contributed by atoms with Gasteiger partial charge in [-0.05, 0) is 37.6 Å². The van der Waals surface area contributed by atoms with Crippen LogP contribution >= 0.6 is 0 Å². The van der Waals surface area contributed by atoms with Crippen molar-refractivity contribution in [1.29, 1.82) is 0 Å². The van der Waals surface area contributed by atoms with Crippen molar-refractivity contribution in [2.45, 2.75) is 25.2 Å². The number of H-pyrrole nitrogens is 1. The second-order valence-electron chi connectivity index (χ2n) is 7.62. The van der Waals surface area contributed by atoms with Gasteiger partial charge in [-0.2, -0.15) is 5.10 Å². The predicted molar refractivity (Wildman–Crippen MR) is 107 cm³/mol. The number of nitrogens with zero attached hydrogens (tertiary/aromatic N) is 3. The van der Waals surface area contributed by atoms with Crippen molar-refractivity contribution >= 4 is 23.4 Å². The molecular weight excluding hydrogens is 356 g/mol. The minimum atomic E-state index is -0.0970. The van der Waals surface area contributed by atoms with Gasteiger partial charge in [-0.3, -0.25) is 9.89 Å². The van der Waals surface area contributed by atoms with E-state index in [0.717, 1.165) is 43.1 Å². The Kier molecular flexibility index (Phi) is 5.29. The molecule has 0 unspecified atom stereocenters. The van der Waals surface area contributed by atoms with Crippen molar-refractivity contribution in [2.24, 2.45) is 0 Å². The molecule has 2 fully saturated rings. The maximum atomic E-state index is 12.3. The van der Waals surface area contributed by atoms with E-state index in [1.807, 2.05) is 35.2 Å². The minimum absolute atomic E-state index is 0.0793. The van der Waals surface area contributed by atoms with Crippen molar-refractivity contribution in [3.8, 4) is 0 Å². The van der Waals surface area contributed by atoms with E-state index in [1.54, 1.807) is 0 Å². The van der Waals surface area contributed by atoms with Gasteiger partial charge in [-0.15, -0.1) is 0 Å². The molecule has 0 spiro atoms. The molecule has 0 atom stereocenters. The molecule has 2 aromatic rings. The summed E-state index contributed by atoms with van der Waals surface area (Å²) >= 11 is 0. The number of aromatic nitrogens is 2. The van der Waals surface area contributed by atoms with Crippen LogP contribution in [-0.4, -0.2) is 65.2 Å². The topological polar surface area (TPSA) is 93.4 Å². The van der Waals surface area contributed by atoms with Crippen LogP contribution in [0.5, 0.6) is 0 Å². The Hall–Kier alpha value is -2.87. The van der Waals surface area contributed by atoms with Gasteiger partial charge in [0, 0.05) is 43.9 Å². The number of amides is 3. The predicted octanol–water partition coefficient (Wildman–Crippen LogP) is 2.25. The number of anilines is 2. The van der Waals surface area contributed by atoms with Crippen molar-refractivity contribution in [1.82, 2.24) is 20.0 Å². The average molecular weight is 382 g/mol. The van der Waals surface area contributed by atoms with Gasteiger partial charge in [0.15, 0.2) is 0 Å². The first kappa shape index (κ1) is 18.5. The van der Waals surface area contributed by atoms with Crippen molar-refractivity contribution in [3.63, 3.8) is 0 Å². The van der Waals surface area contributed by atoms with Gasteiger partial charge in [-0.25, -0.2) is 4.79 Å². The molecule has 28 heavy (non-hydrogen) atoms. The molecule has 1 aliphatic carbocycles. The fourth-order valence-electron chi connectivity index (χ4n) is 3.29. The molecule has 0 radical (unpaired) electrons. The third-order valence-corrected chi connectivity index (χ3v) is 5.23. The highest BCUT2D eigenvalue weighted by Gasteiger charge is 2.26. The lowest BCUT2D eigenvalue weighted by molar-refractivity contribution is -0.115. The quantitative estimate of drug-likeness (QED) is 0.739. The highest BCUT2D eigenvalue weighted by molar-refractivity contribution is 5.92. The first-order valence-electron chi connectivity index (χ1n) is 9.75. The van der Waals surface area contributed by atoms with Crippen LogP contribution in [0.3, 0.4) is 0 Å². The SMILES string of the molecule is CN1CCN(C(=O)Nc2ccc(CC(=O)Nc3cc(C4CC4)n[nH]3)cc2)CC1. The van der Waals surface area contributed by atoms with Crippen LogP contribution in [0.1, 0.15) is 30.0 Å². The molecule has 3 amide bonds. The lowest BCUT2D eigenvalue weighted by Crippen LogP contribution is -2.48. The lowest BCUT2D eigenvalue weighted by Gasteiger charge is -2.32. The summed E-state index contributed by atoms with van der Waals surface area (Å²) in [5, 5.41) is 12.9. The van der Waals surface area contributed by atoms with Crippen LogP contribution in [0, 0.1) is 0 Å². The highest BCUT2D eigenvalue weighted by Crippen LogP contribution is 2.39. The van der Waals surface area contributed by atoms with E-state index in [4.69, 9.17) is 0 Å². The van der Waals surface area contributed by atoms with E-state index in [0.29, 0.717) is 11.7 Å². The summed E-state index contributed by atoms with van der Waals surface area (Å²) in [5.41, 5.74) is 2.64. The molecule has 2 heterocycles. The molecule has 2 aliphatic rings. The van der Waals surface area contributed by atoms with Crippen LogP contribution in [0.4, 0.5) is 16.3 Å². The van der Waals surface area contributed by atoms with Crippen LogP contribution in [0.2, 0.25) is 0 Å². The second kappa shape index (κ2) is 8.02. The molecule has 0 bridgehead atoms. The molecule has 1 aliphatic heterocycles. The number of piperazine rings is 1. The Morgan fingerprint density at radius 3 is 2.50 bits per heavy atom. The van der Waals surface area contributed by atoms with Gasteiger partial charge in [0.05, 0.1) is 12.1 Å². The van der Waals surface area contributed by atoms with Gasteiger partial charge in [-0.1, -0.05) is 12.1 Å². The number of aromatic amines is 1. The maximum Gasteiger partial charge on any atom is 0.321 e. The largest absolute Gasteiger partial charge is 0.322 e. The number of likely N-dealkylation sites (N-methyl/N-ethyl adjacent to an activating group) is 1. The zero-order valence-corrected chi connectivity index (χ0v) is 16.1. The molecule has 4 rings (SSSR count). The smallest absolute Gasteiger partial charge is 0.321 e. The number of hydrogen-bond donors (Lipinski definition) is 3. The molecule has 148 valence electrons. The van der Waals surface area contributed by atoms with E-state index >= 15 is 0 Å². The summed E-state index contributed by atoms with van der Waals surface area (Å²) < 4.78 is 0. The number of hydrogen-bond acceptors (Lipinski definition) is 4. The molecule has 8 heteroatoms. The zero-order valence-electron chi connectivity index (χ0n) is 16.1. The number of carbonyl (C=O) groups is 2. The van der Waals surface area contributed by atoms with Crippen molar-refractivity contribution in [3.05, 3.63) is 41.6 Å². The summed E-state index contributed by atoms with van der Waals surface area (Å²) in [7, 11) is 2.06. The van der Waals surface area contributed by atoms with Crippen LogP contribution in [-0.2, 0) is 11.2 Å². The number of benzene rings is 1. The lowest BCUT2D eigenvalue weighted by atomic mass is 10.1. The first-order valence-corrected chi connectivity index (χ1v) is 9.75. The number of carbonyl (C=O) groups excluding carboxylic acids is 2. The highest BCUT2D eigenvalue weighted by atomic mass is 16.2. The van der Waals surface area contributed by atoms with Gasteiger partial charge in [0.2, 0.25) is 5.91 Å². The van der Waals surface area contributed by atoms with Gasteiger partial charge in [0.25, 0.3) is 0 Å². The second-order valence-corrected chi connectivity index (χ2v) is 7.62. The third-order valence-electron chi connectivity index (χ3n) is 5.23. The third kappa shape index (κ3) is 4.69. The van der Waals surface area contributed by atoms with E-state index in [9.17, 15) is 9.59 Å². The maximum absolute atomic E-state index is 12.3. The fraction of sp³-hybridized carbons (Fsp3) is 0.450. The number of rotatable bonds is 5. The Morgan fingerprint density at radius 1 is 1.11 bits per heavy atom. The van der Waals surface area contributed by atoms with Crippen LogP contribution < -0.4 is 10.6 Å². The van der Waals surface area contributed by atoms with E-state index < -0.39 is 0 Å². The van der Waals surface area contributed by atoms with Crippen molar-refractivity contribution in [2.75, 3.05) is 43.9 Å². The fourth-order valence-corrected chi connectivity index (χ4v) is 3.29. The van der Waals surface area contributed by atoms with E-state index in [-0.39, 0.29) is 18.4 Å². The van der Waals surface area contributed by atoms with Crippen molar-refractivity contribution < 1.29 is 9.59 Å². The van der Waals surface area contributed by atoms with Gasteiger partial charge < -0.3 is 20.4 Å². The standard InChI is InChI=1S/C20H26N6O2/c1-25-8-10-26(11-9-25)20(28)21-16-6-2-14(3-7-16)12-19(27)22-18-13-17(23-24-18)15-4-5-15/h2-3,6-7,13,15H,4-5,8-12H2,1H3,(H,21,28)(H2,22,23,24,27). The molecule has 1 saturated carbocycles. The summed E-state index contributed by atoms with van der Waals surface area (Å²) in [6, 6.07) is 9.22. The monoisotopic (exact) mass is 382 g/mol. The Morgan fingerprint density at radius 2 is 1.82 bits per heavy atom. The Labute approximate surface area is 164 Å². The molecule has 1 saturated heterocycles. The number of urea groups is 1. The first-order chi connectivity index (χ1) is 13.6. The minimum Gasteiger partial charge on any atom is -0.322 e. The van der Waals surface area contributed by atoms with Gasteiger partial charge in [0.1, 0.15) is 5.82 Å². The summed E-state index contributed by atoms with van der Waals surface area (Å²) in [5.74, 6) is 1.10. The number of nitrogens with one attached hydrogen (secondary N) is 3. The van der Waals surface area contributed by atoms with Gasteiger partial charge >= 0.3 is 6.03 Å². The van der Waals surface area contributed by atoms with Crippen LogP contribution in [0.15, 0.2) is 30.3 Å². The Bertz CT molecular complexity index is 835. The molecular formula is C20H26N6O2. The molecule has 8 nitrogen and oxygen atoms in total. The molecule has 1 aromatic heterocycles. The molecule has 3 N–H and O–H groups in total. The average Bonchev–Trinajstić information content (AvgIpc) is 3.43. The Balaban J connectivity index is 1.26.